The fourth-order valence-corrected chi connectivity index (χ4v) is 3.48. The van der Waals surface area contributed by atoms with Gasteiger partial charge in [0.15, 0.2) is 17.3 Å². The van der Waals surface area contributed by atoms with Crippen molar-refractivity contribution in [2.75, 3.05) is 24.6 Å². The molecule has 0 unspecified atom stereocenters. The third-order valence-electron chi connectivity index (χ3n) is 4.72. The number of carbonyl (C=O) groups excluding carboxylic acids is 1. The van der Waals surface area contributed by atoms with Crippen LogP contribution in [-0.4, -0.2) is 40.3 Å². The summed E-state index contributed by atoms with van der Waals surface area (Å²) in [5.41, 5.74) is -0.757. The van der Waals surface area contributed by atoms with E-state index in [2.05, 4.69) is 10.1 Å². The van der Waals surface area contributed by atoms with Crippen LogP contribution in [0.2, 0.25) is 0 Å². The minimum atomic E-state index is -1.29. The Kier molecular flexibility index (Phi) is 4.66. The van der Waals surface area contributed by atoms with Crippen molar-refractivity contribution in [1.29, 1.82) is 0 Å². The van der Waals surface area contributed by atoms with Crippen LogP contribution in [-0.2, 0) is 4.74 Å². The quantitative estimate of drug-likeness (QED) is 0.503. The Labute approximate surface area is 158 Å². The monoisotopic (exact) mass is 390 g/mol. The number of benzene rings is 1. The molecule has 3 heterocycles. The highest BCUT2D eigenvalue weighted by molar-refractivity contribution is 5.96. The Hall–Kier alpha value is -3.10. The van der Waals surface area contributed by atoms with Gasteiger partial charge < -0.3 is 9.64 Å². The molecule has 0 saturated carbocycles. The molecule has 0 atom stereocenters. The fraction of sp³-hybridized carbons (Fsp3) is 0.316. The lowest BCUT2D eigenvalue weighted by Crippen LogP contribution is -2.21. The van der Waals surface area contributed by atoms with Crippen molar-refractivity contribution in [3.8, 4) is 11.3 Å². The summed E-state index contributed by atoms with van der Waals surface area (Å²) in [6, 6.07) is 2.42. The minimum absolute atomic E-state index is 0.0779. The summed E-state index contributed by atoms with van der Waals surface area (Å²) in [6.45, 7) is 2.61. The number of aromatic nitrogens is 3. The number of hydrogen-bond acceptors (Lipinski definition) is 5. The van der Waals surface area contributed by atoms with Crippen LogP contribution in [0.1, 0.15) is 30.1 Å². The van der Waals surface area contributed by atoms with Crippen LogP contribution in [0.4, 0.5) is 18.9 Å². The topological polar surface area (TPSA) is 59.7 Å². The third-order valence-corrected chi connectivity index (χ3v) is 4.72. The lowest BCUT2D eigenvalue weighted by Gasteiger charge is -2.21. The molecule has 1 aliphatic rings. The van der Waals surface area contributed by atoms with Crippen LogP contribution in [0, 0.1) is 17.5 Å². The second-order valence-corrected chi connectivity index (χ2v) is 6.42. The van der Waals surface area contributed by atoms with Gasteiger partial charge in [-0.15, -0.1) is 0 Å². The molecular formula is C19H17F3N4O2. The number of halogens is 3. The predicted octanol–water partition coefficient (Wildman–Crippen LogP) is 3.59. The summed E-state index contributed by atoms with van der Waals surface area (Å²) in [5.74, 6) is -4.23. The van der Waals surface area contributed by atoms with Gasteiger partial charge in [-0.2, -0.15) is 5.10 Å². The van der Waals surface area contributed by atoms with Gasteiger partial charge >= 0.3 is 5.97 Å². The number of carbonyl (C=O) groups is 1. The van der Waals surface area contributed by atoms with Crippen molar-refractivity contribution < 1.29 is 22.7 Å². The Morgan fingerprint density at radius 3 is 2.68 bits per heavy atom. The van der Waals surface area contributed by atoms with Gasteiger partial charge in [0.25, 0.3) is 0 Å². The van der Waals surface area contributed by atoms with Crippen LogP contribution in [0.5, 0.6) is 0 Å². The van der Waals surface area contributed by atoms with Gasteiger partial charge in [-0.3, -0.25) is 0 Å². The molecule has 0 radical (unpaired) electrons. The minimum Gasteiger partial charge on any atom is -0.462 e. The molecule has 1 saturated heterocycles. The molecule has 0 spiro atoms. The van der Waals surface area contributed by atoms with Crippen molar-refractivity contribution in [3.05, 3.63) is 47.5 Å². The van der Waals surface area contributed by atoms with Gasteiger partial charge in [0.1, 0.15) is 17.1 Å². The van der Waals surface area contributed by atoms with Crippen molar-refractivity contribution in [2.45, 2.75) is 19.8 Å². The van der Waals surface area contributed by atoms with Gasteiger partial charge in [-0.05, 0) is 25.8 Å². The molecule has 4 rings (SSSR count). The molecule has 1 fully saturated rings. The van der Waals surface area contributed by atoms with Gasteiger partial charge in [0, 0.05) is 30.9 Å². The second kappa shape index (κ2) is 7.14. The molecule has 28 heavy (non-hydrogen) atoms. The average Bonchev–Trinajstić information content (AvgIpc) is 3.36. The van der Waals surface area contributed by atoms with E-state index < -0.39 is 29.0 Å². The molecule has 1 aromatic carbocycles. The SMILES string of the molecule is CCOC(=O)c1cnc2ccnn2c1-c1cc(F)c(N2CCCC2)c(F)c1F. The first-order valence-corrected chi connectivity index (χ1v) is 8.95. The van der Waals surface area contributed by atoms with Crippen molar-refractivity contribution in [3.63, 3.8) is 0 Å². The maximum atomic E-state index is 15.1. The molecule has 0 amide bonds. The van der Waals surface area contributed by atoms with E-state index in [-0.39, 0.29) is 23.6 Å². The number of fused-ring (bicyclic) bond motifs is 1. The molecule has 0 bridgehead atoms. The number of hydrogen-bond donors (Lipinski definition) is 0. The number of anilines is 1. The summed E-state index contributed by atoms with van der Waals surface area (Å²) >= 11 is 0. The number of ether oxygens (including phenoxy) is 1. The van der Waals surface area contributed by atoms with Gasteiger partial charge in [0.2, 0.25) is 0 Å². The highest BCUT2D eigenvalue weighted by atomic mass is 19.2. The van der Waals surface area contributed by atoms with E-state index in [1.54, 1.807) is 6.92 Å². The first-order valence-electron chi connectivity index (χ1n) is 8.95. The molecule has 6 nitrogen and oxygen atoms in total. The smallest absolute Gasteiger partial charge is 0.341 e. The number of nitrogens with zero attached hydrogens (tertiary/aromatic N) is 4. The van der Waals surface area contributed by atoms with Crippen molar-refractivity contribution in [2.24, 2.45) is 0 Å². The number of rotatable bonds is 4. The van der Waals surface area contributed by atoms with E-state index in [0.717, 1.165) is 18.9 Å². The Morgan fingerprint density at radius 1 is 1.21 bits per heavy atom. The van der Waals surface area contributed by atoms with Crippen LogP contribution in [0.25, 0.3) is 16.9 Å². The van der Waals surface area contributed by atoms with E-state index >= 15 is 4.39 Å². The van der Waals surface area contributed by atoms with Crippen molar-refractivity contribution in [1.82, 2.24) is 14.6 Å². The van der Waals surface area contributed by atoms with Crippen LogP contribution in [0.3, 0.4) is 0 Å². The zero-order valence-electron chi connectivity index (χ0n) is 15.1. The van der Waals surface area contributed by atoms with Crippen LogP contribution in [0.15, 0.2) is 24.5 Å². The van der Waals surface area contributed by atoms with E-state index in [0.29, 0.717) is 18.7 Å². The molecule has 9 heteroatoms. The summed E-state index contributed by atoms with van der Waals surface area (Å²) in [5, 5.41) is 4.02. The van der Waals surface area contributed by atoms with E-state index in [9.17, 15) is 13.6 Å². The predicted molar refractivity (Wildman–Crippen MR) is 95.7 cm³/mol. The molecule has 3 aromatic rings. The summed E-state index contributed by atoms with van der Waals surface area (Å²) in [4.78, 5) is 17.9. The van der Waals surface area contributed by atoms with E-state index in [1.165, 1.54) is 27.9 Å². The maximum Gasteiger partial charge on any atom is 0.341 e. The zero-order valence-corrected chi connectivity index (χ0v) is 15.1. The molecule has 1 aliphatic heterocycles. The van der Waals surface area contributed by atoms with Crippen molar-refractivity contribution >= 4 is 17.3 Å². The molecule has 0 aliphatic carbocycles. The first-order chi connectivity index (χ1) is 13.5. The lowest BCUT2D eigenvalue weighted by atomic mass is 10.0. The molecular weight excluding hydrogens is 373 g/mol. The highest BCUT2D eigenvalue weighted by Gasteiger charge is 2.29. The molecule has 146 valence electrons. The number of esters is 1. The lowest BCUT2D eigenvalue weighted by molar-refractivity contribution is 0.0526. The molecule has 2 aromatic heterocycles. The Balaban J connectivity index is 1.96. The summed E-state index contributed by atoms with van der Waals surface area (Å²) < 4.78 is 50.9. The standard InChI is InChI=1S/C19H17F3N4O2/c1-2-28-19(27)12-10-23-14-5-6-24-26(14)17(12)11-9-13(20)18(16(22)15(11)21)25-7-3-4-8-25/h5-6,9-10H,2-4,7-8H2,1H3. The second-order valence-electron chi connectivity index (χ2n) is 6.42. The largest absolute Gasteiger partial charge is 0.462 e. The Morgan fingerprint density at radius 2 is 1.96 bits per heavy atom. The van der Waals surface area contributed by atoms with Gasteiger partial charge in [-0.1, -0.05) is 0 Å². The average molecular weight is 390 g/mol. The van der Waals surface area contributed by atoms with Crippen LogP contribution < -0.4 is 4.90 Å². The van der Waals surface area contributed by atoms with E-state index in [4.69, 9.17) is 4.74 Å². The zero-order chi connectivity index (χ0) is 19.8. The normalized spacial score (nSPS) is 14.1. The fourth-order valence-electron chi connectivity index (χ4n) is 3.48. The summed E-state index contributed by atoms with van der Waals surface area (Å²) in [6.07, 6.45) is 4.15. The first kappa shape index (κ1) is 18.3. The van der Waals surface area contributed by atoms with Crippen LogP contribution >= 0.6 is 0 Å². The summed E-state index contributed by atoms with van der Waals surface area (Å²) in [7, 11) is 0. The van der Waals surface area contributed by atoms with Gasteiger partial charge in [-0.25, -0.2) is 27.5 Å². The van der Waals surface area contributed by atoms with E-state index in [1.807, 2.05) is 0 Å². The Bertz CT molecular complexity index is 1060. The third kappa shape index (κ3) is 2.87. The maximum absolute atomic E-state index is 15.1. The van der Waals surface area contributed by atoms with Gasteiger partial charge in [0.05, 0.1) is 18.5 Å². The molecule has 0 N–H and O–H groups in total. The highest BCUT2D eigenvalue weighted by Crippen LogP contribution is 2.36.